The van der Waals surface area contributed by atoms with Gasteiger partial charge < -0.3 is 4.42 Å². The maximum absolute atomic E-state index is 11.8. The number of aromatic nitrogens is 2. The van der Waals surface area contributed by atoms with Gasteiger partial charge in [0, 0.05) is 19.2 Å². The lowest BCUT2D eigenvalue weighted by Crippen LogP contribution is -2.01. The van der Waals surface area contributed by atoms with Gasteiger partial charge in [0.25, 0.3) is 0 Å². The molecule has 0 aliphatic carbocycles. The Bertz CT molecular complexity index is 497. The van der Waals surface area contributed by atoms with Crippen LogP contribution in [0.15, 0.2) is 28.9 Å². The summed E-state index contributed by atoms with van der Waals surface area (Å²) in [5.41, 5.74) is 0.918. The Morgan fingerprint density at radius 1 is 1.50 bits per heavy atom. The number of rotatable bonds is 4. The molecule has 0 aliphatic heterocycles. The molecule has 2 rings (SSSR count). The van der Waals surface area contributed by atoms with Gasteiger partial charge in [0.15, 0.2) is 5.76 Å². The highest BCUT2D eigenvalue weighted by molar-refractivity contribution is 5.94. The summed E-state index contributed by atoms with van der Waals surface area (Å²) in [4.78, 5) is 11.8. The second kappa shape index (κ2) is 4.35. The van der Waals surface area contributed by atoms with Crippen LogP contribution < -0.4 is 0 Å². The van der Waals surface area contributed by atoms with Crippen molar-refractivity contribution >= 4 is 5.78 Å². The van der Waals surface area contributed by atoms with Crippen LogP contribution in [0.25, 0.3) is 0 Å². The van der Waals surface area contributed by atoms with Crippen LogP contribution in [-0.4, -0.2) is 15.6 Å². The van der Waals surface area contributed by atoms with Crippen LogP contribution in [0.2, 0.25) is 0 Å². The minimum absolute atomic E-state index is 0.0104. The van der Waals surface area contributed by atoms with Crippen molar-refractivity contribution in [3.8, 4) is 0 Å². The summed E-state index contributed by atoms with van der Waals surface area (Å²) in [7, 11) is 0. The number of Topliss-reactive ketones (excluding diaryl/α,β-unsaturated/α-hetero) is 1. The second-order valence-corrected chi connectivity index (χ2v) is 3.71. The number of hydrogen-bond donors (Lipinski definition) is 0. The standard InChI is InChI=1S/C12H14N2O2/c1-3-14-8-10(7-13-14)6-11(15)12-5-4-9(2)16-12/h4-5,7-8H,3,6H2,1-2H3. The van der Waals surface area contributed by atoms with Crippen LogP contribution >= 0.6 is 0 Å². The maximum Gasteiger partial charge on any atom is 0.202 e. The van der Waals surface area contributed by atoms with Gasteiger partial charge in [-0.05, 0) is 31.5 Å². The molecule has 4 nitrogen and oxygen atoms in total. The summed E-state index contributed by atoms with van der Waals surface area (Å²) in [5, 5.41) is 4.12. The Hall–Kier alpha value is -1.84. The first kappa shape index (κ1) is 10.7. The first-order chi connectivity index (χ1) is 7.69. The molecule has 2 heterocycles. The minimum atomic E-state index is -0.0104. The zero-order chi connectivity index (χ0) is 11.5. The van der Waals surface area contributed by atoms with Gasteiger partial charge in [-0.1, -0.05) is 0 Å². The third-order valence-electron chi connectivity index (χ3n) is 2.39. The van der Waals surface area contributed by atoms with E-state index in [2.05, 4.69) is 5.10 Å². The van der Waals surface area contributed by atoms with Gasteiger partial charge in [-0.2, -0.15) is 5.10 Å². The topological polar surface area (TPSA) is 48.0 Å². The molecule has 0 spiro atoms. The highest BCUT2D eigenvalue weighted by Gasteiger charge is 2.11. The van der Waals surface area contributed by atoms with Crippen LogP contribution in [0.1, 0.15) is 28.8 Å². The van der Waals surface area contributed by atoms with Crippen molar-refractivity contribution in [1.82, 2.24) is 9.78 Å². The van der Waals surface area contributed by atoms with Crippen molar-refractivity contribution in [2.45, 2.75) is 26.8 Å². The molecule has 2 aromatic heterocycles. The highest BCUT2D eigenvalue weighted by atomic mass is 16.3. The van der Waals surface area contributed by atoms with E-state index >= 15 is 0 Å². The zero-order valence-corrected chi connectivity index (χ0v) is 9.43. The lowest BCUT2D eigenvalue weighted by atomic mass is 10.1. The van der Waals surface area contributed by atoms with E-state index in [1.807, 2.05) is 20.0 Å². The van der Waals surface area contributed by atoms with Crippen molar-refractivity contribution < 1.29 is 9.21 Å². The number of carbonyl (C=O) groups excluding carboxylic acids is 1. The number of hydrogen-bond acceptors (Lipinski definition) is 3. The van der Waals surface area contributed by atoms with Crippen molar-refractivity contribution in [1.29, 1.82) is 0 Å². The van der Waals surface area contributed by atoms with Gasteiger partial charge in [-0.25, -0.2) is 0 Å². The molecule has 0 radical (unpaired) electrons. The van der Waals surface area contributed by atoms with Crippen molar-refractivity contribution in [2.75, 3.05) is 0 Å². The van der Waals surface area contributed by atoms with E-state index in [9.17, 15) is 4.79 Å². The van der Waals surface area contributed by atoms with E-state index in [1.165, 1.54) is 0 Å². The van der Waals surface area contributed by atoms with Gasteiger partial charge in [0.1, 0.15) is 5.76 Å². The molecule has 0 N–H and O–H groups in total. The summed E-state index contributed by atoms with van der Waals surface area (Å²) < 4.78 is 7.08. The van der Waals surface area contributed by atoms with Gasteiger partial charge in [0.2, 0.25) is 5.78 Å². The second-order valence-electron chi connectivity index (χ2n) is 3.71. The molecule has 4 heteroatoms. The van der Waals surface area contributed by atoms with Gasteiger partial charge in [-0.3, -0.25) is 9.48 Å². The quantitative estimate of drug-likeness (QED) is 0.739. The van der Waals surface area contributed by atoms with Crippen LogP contribution in [0, 0.1) is 6.92 Å². The fourth-order valence-corrected chi connectivity index (χ4v) is 1.53. The fourth-order valence-electron chi connectivity index (χ4n) is 1.53. The number of furan rings is 1. The van der Waals surface area contributed by atoms with Crippen molar-refractivity contribution in [3.05, 3.63) is 41.6 Å². The molecule has 0 bridgehead atoms. The molecular formula is C12H14N2O2. The molecular weight excluding hydrogens is 204 g/mol. The van der Waals surface area contributed by atoms with E-state index in [-0.39, 0.29) is 5.78 Å². The van der Waals surface area contributed by atoms with E-state index in [1.54, 1.807) is 23.0 Å². The molecule has 0 fully saturated rings. The molecule has 0 saturated carbocycles. The third kappa shape index (κ3) is 2.21. The predicted molar refractivity (Wildman–Crippen MR) is 59.4 cm³/mol. The summed E-state index contributed by atoms with van der Waals surface area (Å²) in [6.07, 6.45) is 3.94. The SMILES string of the molecule is CCn1cc(CC(=O)c2ccc(C)o2)cn1. The molecule has 0 aliphatic rings. The summed E-state index contributed by atoms with van der Waals surface area (Å²) in [6, 6.07) is 3.50. The van der Waals surface area contributed by atoms with Crippen LogP contribution in [0.3, 0.4) is 0 Å². The molecule has 0 amide bonds. The Balaban J connectivity index is 2.07. The molecule has 0 aromatic carbocycles. The maximum atomic E-state index is 11.8. The van der Waals surface area contributed by atoms with Crippen molar-refractivity contribution in [3.63, 3.8) is 0 Å². The monoisotopic (exact) mass is 218 g/mol. The Morgan fingerprint density at radius 3 is 2.88 bits per heavy atom. The van der Waals surface area contributed by atoms with Gasteiger partial charge in [-0.15, -0.1) is 0 Å². The van der Waals surface area contributed by atoms with E-state index in [0.29, 0.717) is 12.2 Å². The van der Waals surface area contributed by atoms with Gasteiger partial charge >= 0.3 is 0 Å². The van der Waals surface area contributed by atoms with Gasteiger partial charge in [0.05, 0.1) is 6.20 Å². The molecule has 16 heavy (non-hydrogen) atoms. The number of carbonyl (C=O) groups is 1. The largest absolute Gasteiger partial charge is 0.458 e. The van der Waals surface area contributed by atoms with E-state index in [0.717, 1.165) is 17.9 Å². The average molecular weight is 218 g/mol. The Labute approximate surface area is 93.9 Å². The minimum Gasteiger partial charge on any atom is -0.458 e. The Morgan fingerprint density at radius 2 is 2.31 bits per heavy atom. The lowest BCUT2D eigenvalue weighted by Gasteiger charge is -1.94. The molecule has 0 unspecified atom stereocenters. The van der Waals surface area contributed by atoms with E-state index < -0.39 is 0 Å². The summed E-state index contributed by atoms with van der Waals surface area (Å²) in [6.45, 7) is 4.65. The number of ketones is 1. The van der Waals surface area contributed by atoms with Crippen LogP contribution in [0.4, 0.5) is 0 Å². The summed E-state index contributed by atoms with van der Waals surface area (Å²) >= 11 is 0. The first-order valence-electron chi connectivity index (χ1n) is 5.30. The van der Waals surface area contributed by atoms with Crippen molar-refractivity contribution in [2.24, 2.45) is 0 Å². The normalized spacial score (nSPS) is 10.6. The predicted octanol–water partition coefficient (Wildman–Crippen LogP) is 2.23. The molecule has 0 atom stereocenters. The smallest absolute Gasteiger partial charge is 0.202 e. The van der Waals surface area contributed by atoms with E-state index in [4.69, 9.17) is 4.42 Å². The number of aryl methyl sites for hydroxylation is 2. The molecule has 84 valence electrons. The number of nitrogens with zero attached hydrogens (tertiary/aromatic N) is 2. The van der Waals surface area contributed by atoms with Crippen LogP contribution in [-0.2, 0) is 13.0 Å². The fraction of sp³-hybridized carbons (Fsp3) is 0.333. The lowest BCUT2D eigenvalue weighted by molar-refractivity contribution is 0.0965. The summed E-state index contributed by atoms with van der Waals surface area (Å²) in [5.74, 6) is 1.16. The Kier molecular flexibility index (Phi) is 2.90. The molecule has 0 saturated heterocycles. The molecule has 2 aromatic rings. The zero-order valence-electron chi connectivity index (χ0n) is 9.43. The highest BCUT2D eigenvalue weighted by Crippen LogP contribution is 2.10. The van der Waals surface area contributed by atoms with Crippen LogP contribution in [0.5, 0.6) is 0 Å². The first-order valence-corrected chi connectivity index (χ1v) is 5.30. The third-order valence-corrected chi connectivity index (χ3v) is 2.39. The average Bonchev–Trinajstić information content (AvgIpc) is 2.87.